The molecule has 6 heteroatoms. The van der Waals surface area contributed by atoms with E-state index in [4.69, 9.17) is 0 Å². The van der Waals surface area contributed by atoms with E-state index in [0.717, 1.165) is 12.1 Å². The van der Waals surface area contributed by atoms with Crippen molar-refractivity contribution in [1.29, 1.82) is 0 Å². The number of rotatable bonds is 1. The fraction of sp³-hybridized carbons (Fsp3) is 0.182. The summed E-state index contributed by atoms with van der Waals surface area (Å²) in [6.07, 6.45) is -4.39. The molecule has 2 aromatic rings. The highest BCUT2D eigenvalue weighted by Gasteiger charge is 2.30. The first kappa shape index (κ1) is 11.5. The van der Waals surface area contributed by atoms with Gasteiger partial charge in [0.2, 0.25) is 5.88 Å². The average molecular weight is 242 g/mol. The molecule has 0 fully saturated rings. The van der Waals surface area contributed by atoms with E-state index in [1.54, 1.807) is 6.92 Å². The van der Waals surface area contributed by atoms with Crippen LogP contribution in [0.25, 0.3) is 11.4 Å². The first-order chi connectivity index (χ1) is 7.88. The molecule has 17 heavy (non-hydrogen) atoms. The molecule has 0 unspecified atom stereocenters. The van der Waals surface area contributed by atoms with Crippen LogP contribution in [0.1, 0.15) is 11.3 Å². The first-order valence-corrected chi connectivity index (χ1v) is 4.81. The molecule has 0 aliphatic rings. The molecule has 0 spiro atoms. The first-order valence-electron chi connectivity index (χ1n) is 4.81. The van der Waals surface area contributed by atoms with E-state index in [0.29, 0.717) is 5.69 Å². The van der Waals surface area contributed by atoms with E-state index in [9.17, 15) is 18.3 Å². The smallest absolute Gasteiger partial charge is 0.416 e. The lowest BCUT2D eigenvalue weighted by atomic mass is 10.1. The predicted molar refractivity (Wildman–Crippen MR) is 55.4 cm³/mol. The molecule has 0 amide bonds. The van der Waals surface area contributed by atoms with Crippen LogP contribution in [0.5, 0.6) is 5.88 Å². The van der Waals surface area contributed by atoms with Crippen LogP contribution in [-0.4, -0.2) is 15.1 Å². The number of hydrogen-bond donors (Lipinski definition) is 2. The van der Waals surface area contributed by atoms with Crippen LogP contribution in [0, 0.1) is 6.92 Å². The largest absolute Gasteiger partial charge is 0.492 e. The number of aryl methyl sites for hydroxylation is 1. The van der Waals surface area contributed by atoms with Crippen molar-refractivity contribution in [3.8, 4) is 17.3 Å². The number of alkyl halides is 3. The van der Waals surface area contributed by atoms with Gasteiger partial charge in [0, 0.05) is 5.56 Å². The molecule has 0 saturated carbocycles. The summed E-state index contributed by atoms with van der Waals surface area (Å²) in [5.41, 5.74) is -0.0517. The molecule has 0 radical (unpaired) electrons. The molecule has 0 bridgehead atoms. The molecule has 90 valence electrons. The third kappa shape index (κ3) is 2.25. The Morgan fingerprint density at radius 3 is 2.53 bits per heavy atom. The SMILES string of the molecule is Cc1[nH]c(-c2cccc(C(F)(F)F)c2)nc1O. The summed E-state index contributed by atoms with van der Waals surface area (Å²) in [6.45, 7) is 1.58. The Kier molecular flexibility index (Phi) is 2.57. The van der Waals surface area contributed by atoms with Crippen LogP contribution < -0.4 is 0 Å². The van der Waals surface area contributed by atoms with E-state index in [2.05, 4.69) is 9.97 Å². The average Bonchev–Trinajstić information content (AvgIpc) is 2.58. The number of halogens is 3. The highest BCUT2D eigenvalue weighted by molar-refractivity contribution is 5.58. The normalized spacial score (nSPS) is 11.8. The molecule has 3 nitrogen and oxygen atoms in total. The molecule has 1 aromatic carbocycles. The number of aromatic hydroxyl groups is 1. The molecule has 0 saturated heterocycles. The number of aromatic amines is 1. The minimum absolute atomic E-state index is 0.211. The van der Waals surface area contributed by atoms with Crippen molar-refractivity contribution in [2.75, 3.05) is 0 Å². The van der Waals surface area contributed by atoms with Crippen LogP contribution in [0.2, 0.25) is 0 Å². The van der Waals surface area contributed by atoms with Crippen molar-refractivity contribution in [3.63, 3.8) is 0 Å². The maximum absolute atomic E-state index is 12.5. The summed E-state index contributed by atoms with van der Waals surface area (Å²) >= 11 is 0. The van der Waals surface area contributed by atoms with Crippen molar-refractivity contribution in [2.24, 2.45) is 0 Å². The highest BCUT2D eigenvalue weighted by atomic mass is 19.4. The summed E-state index contributed by atoms with van der Waals surface area (Å²) in [5, 5.41) is 9.27. The van der Waals surface area contributed by atoms with Gasteiger partial charge in [0.25, 0.3) is 0 Å². The van der Waals surface area contributed by atoms with Crippen LogP contribution in [0.3, 0.4) is 0 Å². The lowest BCUT2D eigenvalue weighted by Gasteiger charge is -2.07. The van der Waals surface area contributed by atoms with E-state index < -0.39 is 11.7 Å². The molecule has 2 N–H and O–H groups in total. The predicted octanol–water partition coefficient (Wildman–Crippen LogP) is 3.11. The number of aromatic nitrogens is 2. The monoisotopic (exact) mass is 242 g/mol. The number of imidazole rings is 1. The standard InChI is InChI=1S/C11H9F3N2O/c1-6-10(17)16-9(15-6)7-3-2-4-8(5-7)11(12,13)14/h2-5,17H,1H3,(H,15,16). The maximum Gasteiger partial charge on any atom is 0.416 e. The Labute approximate surface area is 94.9 Å². The van der Waals surface area contributed by atoms with Crippen molar-refractivity contribution >= 4 is 0 Å². The topological polar surface area (TPSA) is 48.9 Å². The summed E-state index contributed by atoms with van der Waals surface area (Å²) in [7, 11) is 0. The molecule has 0 atom stereocenters. The number of nitrogens with zero attached hydrogens (tertiary/aromatic N) is 1. The van der Waals surface area contributed by atoms with Gasteiger partial charge >= 0.3 is 6.18 Å². The Balaban J connectivity index is 2.47. The summed E-state index contributed by atoms with van der Waals surface area (Å²) in [6, 6.07) is 4.76. The van der Waals surface area contributed by atoms with Crippen molar-refractivity contribution in [1.82, 2.24) is 9.97 Å². The minimum Gasteiger partial charge on any atom is -0.492 e. The van der Waals surface area contributed by atoms with Crippen molar-refractivity contribution < 1.29 is 18.3 Å². The lowest BCUT2D eigenvalue weighted by Crippen LogP contribution is -2.04. The zero-order chi connectivity index (χ0) is 12.6. The van der Waals surface area contributed by atoms with Gasteiger partial charge in [0.05, 0.1) is 11.3 Å². The molecular weight excluding hydrogens is 233 g/mol. The van der Waals surface area contributed by atoms with Gasteiger partial charge in [-0.3, -0.25) is 0 Å². The Hall–Kier alpha value is -1.98. The summed E-state index contributed by atoms with van der Waals surface area (Å²) in [4.78, 5) is 6.45. The number of nitrogens with one attached hydrogen (secondary N) is 1. The Bertz CT molecular complexity index is 526. The quantitative estimate of drug-likeness (QED) is 0.807. The fourth-order valence-corrected chi connectivity index (χ4v) is 1.43. The molecule has 2 rings (SSSR count). The second-order valence-electron chi connectivity index (χ2n) is 3.61. The second-order valence-corrected chi connectivity index (χ2v) is 3.61. The van der Waals surface area contributed by atoms with Gasteiger partial charge in [-0.15, -0.1) is 0 Å². The summed E-state index contributed by atoms with van der Waals surface area (Å²) in [5.74, 6) is 0.00325. The zero-order valence-electron chi connectivity index (χ0n) is 8.84. The van der Waals surface area contributed by atoms with Gasteiger partial charge in [-0.05, 0) is 19.1 Å². The van der Waals surface area contributed by atoms with E-state index in [1.807, 2.05) is 0 Å². The van der Waals surface area contributed by atoms with Crippen LogP contribution in [-0.2, 0) is 6.18 Å². The number of benzene rings is 1. The maximum atomic E-state index is 12.5. The minimum atomic E-state index is -4.39. The van der Waals surface area contributed by atoms with Crippen molar-refractivity contribution in [2.45, 2.75) is 13.1 Å². The van der Waals surface area contributed by atoms with Gasteiger partial charge in [-0.25, -0.2) is 0 Å². The van der Waals surface area contributed by atoms with Gasteiger partial charge in [0.1, 0.15) is 5.82 Å². The number of hydrogen-bond acceptors (Lipinski definition) is 2. The van der Waals surface area contributed by atoms with Gasteiger partial charge in [0.15, 0.2) is 0 Å². The Morgan fingerprint density at radius 1 is 1.29 bits per heavy atom. The van der Waals surface area contributed by atoms with E-state index >= 15 is 0 Å². The highest BCUT2D eigenvalue weighted by Crippen LogP contribution is 2.32. The van der Waals surface area contributed by atoms with Crippen LogP contribution in [0.15, 0.2) is 24.3 Å². The molecular formula is C11H9F3N2O. The zero-order valence-corrected chi connectivity index (χ0v) is 8.84. The van der Waals surface area contributed by atoms with E-state index in [-0.39, 0.29) is 17.3 Å². The molecule has 0 aliphatic heterocycles. The second kappa shape index (κ2) is 3.80. The van der Waals surface area contributed by atoms with Crippen molar-refractivity contribution in [3.05, 3.63) is 35.5 Å². The third-order valence-corrected chi connectivity index (χ3v) is 2.32. The molecule has 1 aromatic heterocycles. The van der Waals surface area contributed by atoms with Crippen LogP contribution >= 0.6 is 0 Å². The third-order valence-electron chi connectivity index (χ3n) is 2.32. The van der Waals surface area contributed by atoms with Gasteiger partial charge in [-0.1, -0.05) is 12.1 Å². The summed E-state index contributed by atoms with van der Waals surface area (Å²) < 4.78 is 37.5. The van der Waals surface area contributed by atoms with Gasteiger partial charge < -0.3 is 10.1 Å². The molecule has 0 aliphatic carbocycles. The lowest BCUT2D eigenvalue weighted by molar-refractivity contribution is -0.137. The Morgan fingerprint density at radius 2 is 2.00 bits per heavy atom. The van der Waals surface area contributed by atoms with Crippen LogP contribution in [0.4, 0.5) is 13.2 Å². The molecule has 1 heterocycles. The van der Waals surface area contributed by atoms with E-state index in [1.165, 1.54) is 12.1 Å². The van der Waals surface area contributed by atoms with Gasteiger partial charge in [-0.2, -0.15) is 18.2 Å². The fourth-order valence-electron chi connectivity index (χ4n) is 1.43. The number of H-pyrrole nitrogens is 1.